The first-order valence-electron chi connectivity index (χ1n) is 11.9. The van der Waals surface area contributed by atoms with Gasteiger partial charge in [-0.15, -0.1) is 0 Å². The molecule has 1 saturated heterocycles. The van der Waals surface area contributed by atoms with Crippen molar-refractivity contribution in [1.82, 2.24) is 15.5 Å². The number of carbonyl (C=O) groups is 2. The molecule has 5 heteroatoms. The molecule has 32 heavy (non-hydrogen) atoms. The van der Waals surface area contributed by atoms with Gasteiger partial charge in [0.05, 0.1) is 5.41 Å². The van der Waals surface area contributed by atoms with Gasteiger partial charge in [0.2, 0.25) is 5.91 Å². The highest BCUT2D eigenvalue weighted by atomic mass is 16.2. The quantitative estimate of drug-likeness (QED) is 0.733. The molecule has 2 aliphatic rings. The highest BCUT2D eigenvalue weighted by Crippen LogP contribution is 2.36. The van der Waals surface area contributed by atoms with E-state index in [1.54, 1.807) is 7.05 Å². The Morgan fingerprint density at radius 1 is 1.06 bits per heavy atom. The predicted molar refractivity (Wildman–Crippen MR) is 128 cm³/mol. The lowest BCUT2D eigenvalue weighted by Gasteiger charge is -2.33. The summed E-state index contributed by atoms with van der Waals surface area (Å²) in [5, 5.41) is 5.88. The van der Waals surface area contributed by atoms with Crippen LogP contribution < -0.4 is 10.6 Å². The van der Waals surface area contributed by atoms with E-state index >= 15 is 0 Å². The molecule has 5 nitrogen and oxygen atoms in total. The Labute approximate surface area is 191 Å². The summed E-state index contributed by atoms with van der Waals surface area (Å²) < 4.78 is 0. The maximum absolute atomic E-state index is 12.7. The van der Waals surface area contributed by atoms with E-state index in [0.717, 1.165) is 44.5 Å². The Morgan fingerprint density at radius 2 is 1.81 bits per heavy atom. The Bertz CT molecular complexity index is 951. The van der Waals surface area contributed by atoms with Crippen LogP contribution in [-0.2, 0) is 17.6 Å². The van der Waals surface area contributed by atoms with Crippen LogP contribution in [0.1, 0.15) is 59.2 Å². The van der Waals surface area contributed by atoms with Crippen LogP contribution in [0.5, 0.6) is 0 Å². The molecule has 1 aliphatic carbocycles. The van der Waals surface area contributed by atoms with Crippen molar-refractivity contribution in [2.24, 2.45) is 5.41 Å². The van der Waals surface area contributed by atoms with Gasteiger partial charge in [0, 0.05) is 25.7 Å². The monoisotopic (exact) mass is 433 g/mol. The number of amides is 2. The lowest BCUT2D eigenvalue weighted by molar-refractivity contribution is -0.130. The summed E-state index contributed by atoms with van der Waals surface area (Å²) in [6.07, 6.45) is 4.72. The smallest absolute Gasteiger partial charge is 0.251 e. The fourth-order valence-electron chi connectivity index (χ4n) is 5.23. The van der Waals surface area contributed by atoms with Crippen molar-refractivity contribution in [1.29, 1.82) is 0 Å². The van der Waals surface area contributed by atoms with Gasteiger partial charge in [-0.25, -0.2) is 0 Å². The molecule has 0 aromatic heterocycles. The Morgan fingerprint density at radius 3 is 2.53 bits per heavy atom. The number of benzene rings is 2. The topological polar surface area (TPSA) is 61.4 Å². The molecule has 2 aromatic carbocycles. The average molecular weight is 434 g/mol. The zero-order chi connectivity index (χ0) is 22.6. The van der Waals surface area contributed by atoms with E-state index < -0.39 is 0 Å². The van der Waals surface area contributed by atoms with Crippen LogP contribution in [0.15, 0.2) is 48.5 Å². The fourth-order valence-corrected chi connectivity index (χ4v) is 5.23. The van der Waals surface area contributed by atoms with Crippen LogP contribution in [0, 0.1) is 5.41 Å². The highest BCUT2D eigenvalue weighted by Gasteiger charge is 2.36. The zero-order valence-electron chi connectivity index (χ0n) is 19.3. The van der Waals surface area contributed by atoms with E-state index in [4.69, 9.17) is 0 Å². The van der Waals surface area contributed by atoms with Crippen LogP contribution in [0.2, 0.25) is 0 Å². The van der Waals surface area contributed by atoms with Crippen LogP contribution in [0.3, 0.4) is 0 Å². The van der Waals surface area contributed by atoms with Crippen molar-refractivity contribution < 1.29 is 9.59 Å². The minimum atomic E-state index is -0.362. The molecule has 1 unspecified atom stereocenters. The maximum atomic E-state index is 12.7. The van der Waals surface area contributed by atoms with Crippen molar-refractivity contribution in [2.75, 3.05) is 33.2 Å². The summed E-state index contributed by atoms with van der Waals surface area (Å²) >= 11 is 0. The molecule has 0 radical (unpaired) electrons. The van der Waals surface area contributed by atoms with E-state index in [9.17, 15) is 9.59 Å². The van der Waals surface area contributed by atoms with Gasteiger partial charge in [-0.1, -0.05) is 43.3 Å². The lowest BCUT2D eigenvalue weighted by atomic mass is 9.72. The largest absolute Gasteiger partial charge is 0.359 e. The molecule has 4 rings (SSSR count). The summed E-state index contributed by atoms with van der Waals surface area (Å²) in [5.41, 5.74) is 4.18. The molecule has 2 amide bonds. The van der Waals surface area contributed by atoms with Gasteiger partial charge in [-0.3, -0.25) is 9.59 Å². The number of piperidine rings is 1. The number of nitrogens with zero attached hydrogens (tertiary/aromatic N) is 1. The number of nitrogens with one attached hydrogen (secondary N) is 2. The number of carbonyl (C=O) groups excluding carboxylic acids is 2. The third-order valence-electron chi connectivity index (χ3n) is 7.34. The molecule has 0 spiro atoms. The normalized spacial score (nSPS) is 21.6. The van der Waals surface area contributed by atoms with Crippen LogP contribution in [0.25, 0.3) is 0 Å². The molecule has 0 bridgehead atoms. The van der Waals surface area contributed by atoms with E-state index in [1.165, 1.54) is 29.5 Å². The first kappa shape index (κ1) is 22.5. The van der Waals surface area contributed by atoms with Gasteiger partial charge < -0.3 is 15.5 Å². The van der Waals surface area contributed by atoms with Crippen molar-refractivity contribution >= 4 is 11.8 Å². The minimum Gasteiger partial charge on any atom is -0.359 e. The second kappa shape index (κ2) is 9.86. The van der Waals surface area contributed by atoms with Crippen LogP contribution in [0.4, 0.5) is 0 Å². The van der Waals surface area contributed by atoms with Gasteiger partial charge in [-0.05, 0) is 79.9 Å². The van der Waals surface area contributed by atoms with E-state index in [2.05, 4.69) is 45.9 Å². The van der Waals surface area contributed by atoms with E-state index in [0.29, 0.717) is 12.5 Å². The van der Waals surface area contributed by atoms with Gasteiger partial charge in [-0.2, -0.15) is 0 Å². The van der Waals surface area contributed by atoms with Gasteiger partial charge >= 0.3 is 0 Å². The summed E-state index contributed by atoms with van der Waals surface area (Å²) in [6, 6.07) is 16.7. The molecule has 1 heterocycles. The summed E-state index contributed by atoms with van der Waals surface area (Å²) in [4.78, 5) is 27.4. The Hall–Kier alpha value is -2.66. The first-order chi connectivity index (χ1) is 15.5. The summed E-state index contributed by atoms with van der Waals surface area (Å²) in [7, 11) is 1.70. The van der Waals surface area contributed by atoms with Crippen molar-refractivity contribution in [3.05, 3.63) is 70.8 Å². The summed E-state index contributed by atoms with van der Waals surface area (Å²) in [5.74, 6) is 0.743. The molecular formula is C27H35N3O2. The second-order valence-electron chi connectivity index (χ2n) is 9.58. The Balaban J connectivity index is 1.24. The molecule has 0 saturated carbocycles. The van der Waals surface area contributed by atoms with E-state index in [1.807, 2.05) is 25.1 Å². The molecular weight excluding hydrogens is 398 g/mol. The lowest BCUT2D eigenvalue weighted by Crippen LogP contribution is -2.41. The van der Waals surface area contributed by atoms with Crippen LogP contribution in [-0.4, -0.2) is 49.9 Å². The standard InChI is InChI=1S/C27H35N3O2/c1-27(26(32)28-2)13-10-22-18-23(8-9-24(22)19-27)25(31)29-14-17-30-15-11-21(12-16-30)20-6-4-3-5-7-20/h3-9,18,21H,10-17,19H2,1-2H3,(H,28,32)(H,29,31). The SMILES string of the molecule is CNC(=O)C1(C)CCc2cc(C(=O)NCCN3CCC(c4ccccc4)CC3)ccc2C1. The number of hydrogen-bond acceptors (Lipinski definition) is 3. The fraction of sp³-hybridized carbons (Fsp3) is 0.481. The Kier molecular flexibility index (Phi) is 6.95. The number of likely N-dealkylation sites (tertiary alicyclic amines) is 1. The van der Waals surface area contributed by atoms with Gasteiger partial charge in [0.25, 0.3) is 5.91 Å². The summed E-state index contributed by atoms with van der Waals surface area (Å²) in [6.45, 7) is 5.75. The number of aryl methyl sites for hydroxylation is 1. The third-order valence-corrected chi connectivity index (χ3v) is 7.34. The van der Waals surface area contributed by atoms with Crippen molar-refractivity contribution in [3.8, 4) is 0 Å². The number of rotatable bonds is 6. The third kappa shape index (κ3) is 5.04. The minimum absolute atomic E-state index is 0.00777. The second-order valence-corrected chi connectivity index (χ2v) is 9.58. The maximum Gasteiger partial charge on any atom is 0.251 e. The van der Waals surface area contributed by atoms with Gasteiger partial charge in [0.1, 0.15) is 0 Å². The molecule has 2 aromatic rings. The molecule has 1 atom stereocenters. The molecule has 1 aliphatic heterocycles. The van der Waals surface area contributed by atoms with Gasteiger partial charge in [0.15, 0.2) is 0 Å². The highest BCUT2D eigenvalue weighted by molar-refractivity contribution is 5.94. The van der Waals surface area contributed by atoms with Crippen LogP contribution >= 0.6 is 0 Å². The molecule has 170 valence electrons. The van der Waals surface area contributed by atoms with Crippen molar-refractivity contribution in [3.63, 3.8) is 0 Å². The zero-order valence-corrected chi connectivity index (χ0v) is 19.3. The molecule has 1 fully saturated rings. The first-order valence-corrected chi connectivity index (χ1v) is 11.9. The number of fused-ring (bicyclic) bond motifs is 1. The number of hydrogen-bond donors (Lipinski definition) is 2. The average Bonchev–Trinajstić information content (AvgIpc) is 2.84. The van der Waals surface area contributed by atoms with E-state index in [-0.39, 0.29) is 17.2 Å². The van der Waals surface area contributed by atoms with Crippen molar-refractivity contribution in [2.45, 2.75) is 44.9 Å². The molecule has 2 N–H and O–H groups in total. The predicted octanol–water partition coefficient (Wildman–Crippen LogP) is 3.54.